The van der Waals surface area contributed by atoms with Gasteiger partial charge in [0, 0.05) is 17.8 Å². The number of benzene rings is 1. The lowest BCUT2D eigenvalue weighted by atomic mass is 9.99. The molecule has 2 aromatic rings. The van der Waals surface area contributed by atoms with Gasteiger partial charge in [0.25, 0.3) is 0 Å². The van der Waals surface area contributed by atoms with Crippen LogP contribution in [0.25, 0.3) is 0 Å². The number of alkyl halides is 3. The van der Waals surface area contributed by atoms with E-state index in [9.17, 15) is 18.0 Å². The van der Waals surface area contributed by atoms with Gasteiger partial charge in [-0.25, -0.2) is 4.79 Å². The fraction of sp³-hybridized carbons (Fsp3) is 0.474. The molecular formula is C19H23F3N4O. The summed E-state index contributed by atoms with van der Waals surface area (Å²) in [5.74, 6) is 0. The van der Waals surface area contributed by atoms with Crippen LogP contribution >= 0.6 is 0 Å². The highest BCUT2D eigenvalue weighted by molar-refractivity contribution is 5.90. The highest BCUT2D eigenvalue weighted by Crippen LogP contribution is 2.36. The van der Waals surface area contributed by atoms with Crippen molar-refractivity contribution in [1.29, 1.82) is 0 Å². The van der Waals surface area contributed by atoms with Crippen molar-refractivity contribution >= 4 is 11.7 Å². The highest BCUT2D eigenvalue weighted by Gasteiger charge is 2.35. The van der Waals surface area contributed by atoms with Crippen molar-refractivity contribution in [3.05, 3.63) is 46.8 Å². The minimum atomic E-state index is -4.53. The summed E-state index contributed by atoms with van der Waals surface area (Å²) in [5.41, 5.74) is 1.58. The molecule has 2 heterocycles. The average Bonchev–Trinajstić information content (AvgIpc) is 2.81. The third kappa shape index (κ3) is 4.09. The van der Waals surface area contributed by atoms with E-state index < -0.39 is 17.8 Å². The average molecular weight is 380 g/mol. The van der Waals surface area contributed by atoms with Crippen molar-refractivity contribution in [1.82, 2.24) is 15.1 Å². The van der Waals surface area contributed by atoms with E-state index >= 15 is 0 Å². The first kappa shape index (κ1) is 19.3. The fourth-order valence-electron chi connectivity index (χ4n) is 3.73. The predicted octanol–water partition coefficient (Wildman–Crippen LogP) is 5.19. The van der Waals surface area contributed by atoms with Gasteiger partial charge in [-0.05, 0) is 38.8 Å². The van der Waals surface area contributed by atoms with Gasteiger partial charge in [-0.15, -0.1) is 0 Å². The number of anilines is 1. The predicted molar refractivity (Wildman–Crippen MR) is 96.4 cm³/mol. The van der Waals surface area contributed by atoms with Crippen molar-refractivity contribution < 1.29 is 18.0 Å². The van der Waals surface area contributed by atoms with Gasteiger partial charge >= 0.3 is 12.2 Å². The lowest BCUT2D eigenvalue weighted by molar-refractivity contribution is -0.136. The smallest absolute Gasteiger partial charge is 0.317 e. The number of halogens is 3. The summed E-state index contributed by atoms with van der Waals surface area (Å²) in [4.78, 5) is 14.6. The number of aromatic nitrogens is 2. The number of hydrogen-bond acceptors (Lipinski definition) is 2. The quantitative estimate of drug-likeness (QED) is 0.753. The van der Waals surface area contributed by atoms with Gasteiger partial charge in [0.1, 0.15) is 0 Å². The number of rotatable bonds is 2. The van der Waals surface area contributed by atoms with Crippen LogP contribution in [0.3, 0.4) is 0 Å². The van der Waals surface area contributed by atoms with E-state index in [0.29, 0.717) is 6.54 Å². The molecule has 2 N–H and O–H groups in total. The van der Waals surface area contributed by atoms with Crippen LogP contribution in [0.15, 0.2) is 24.3 Å². The summed E-state index contributed by atoms with van der Waals surface area (Å²) in [7, 11) is 0. The molecule has 5 nitrogen and oxygen atoms in total. The number of nitrogens with one attached hydrogen (secondary N) is 2. The van der Waals surface area contributed by atoms with E-state index in [-0.39, 0.29) is 11.7 Å². The number of H-pyrrole nitrogens is 1. The zero-order chi connectivity index (χ0) is 19.6. The van der Waals surface area contributed by atoms with Gasteiger partial charge in [0.05, 0.1) is 23.0 Å². The molecular weight excluding hydrogens is 357 g/mol. The second-order valence-electron chi connectivity index (χ2n) is 6.88. The molecule has 0 saturated carbocycles. The van der Waals surface area contributed by atoms with Crippen molar-refractivity contribution in [2.75, 3.05) is 11.9 Å². The molecule has 1 unspecified atom stereocenters. The maximum Gasteiger partial charge on any atom is 0.418 e. The lowest BCUT2D eigenvalue weighted by Crippen LogP contribution is -2.38. The molecule has 8 heteroatoms. The maximum absolute atomic E-state index is 13.2. The summed E-state index contributed by atoms with van der Waals surface area (Å²) in [6.45, 7) is 4.27. The Labute approximate surface area is 155 Å². The molecule has 0 aliphatic carbocycles. The first-order valence-electron chi connectivity index (χ1n) is 9.04. The molecule has 146 valence electrons. The number of amides is 2. The number of urea groups is 1. The molecule has 1 aliphatic heterocycles. The van der Waals surface area contributed by atoms with Gasteiger partial charge in [-0.1, -0.05) is 25.0 Å². The largest absolute Gasteiger partial charge is 0.418 e. The van der Waals surface area contributed by atoms with Crippen molar-refractivity contribution in [2.24, 2.45) is 0 Å². The second kappa shape index (κ2) is 7.62. The molecule has 1 fully saturated rings. The van der Waals surface area contributed by atoms with Crippen LogP contribution in [0.5, 0.6) is 0 Å². The third-order valence-corrected chi connectivity index (χ3v) is 5.01. The molecule has 1 aromatic heterocycles. The topological polar surface area (TPSA) is 61.0 Å². The zero-order valence-electron chi connectivity index (χ0n) is 15.4. The Kier molecular flexibility index (Phi) is 5.43. The Balaban J connectivity index is 1.90. The van der Waals surface area contributed by atoms with E-state index in [1.807, 2.05) is 13.8 Å². The van der Waals surface area contributed by atoms with Gasteiger partial charge in [-0.2, -0.15) is 18.3 Å². The van der Waals surface area contributed by atoms with Gasteiger partial charge in [0.15, 0.2) is 0 Å². The molecule has 0 radical (unpaired) electrons. The Hall–Kier alpha value is -2.51. The van der Waals surface area contributed by atoms with Crippen LogP contribution in [0.4, 0.5) is 23.7 Å². The van der Waals surface area contributed by atoms with Crippen LogP contribution < -0.4 is 5.32 Å². The van der Waals surface area contributed by atoms with Crippen LogP contribution in [0, 0.1) is 13.8 Å². The molecule has 2 amide bonds. The minimum absolute atomic E-state index is 0.204. The lowest BCUT2D eigenvalue weighted by Gasteiger charge is -2.31. The molecule has 0 spiro atoms. The Morgan fingerprint density at radius 3 is 2.63 bits per heavy atom. The Morgan fingerprint density at radius 1 is 1.22 bits per heavy atom. The van der Waals surface area contributed by atoms with Crippen molar-refractivity contribution in [3.8, 4) is 0 Å². The number of para-hydroxylation sites is 1. The van der Waals surface area contributed by atoms with E-state index in [4.69, 9.17) is 0 Å². The van der Waals surface area contributed by atoms with E-state index in [0.717, 1.165) is 48.7 Å². The maximum atomic E-state index is 13.2. The molecule has 1 atom stereocenters. The monoisotopic (exact) mass is 380 g/mol. The molecule has 27 heavy (non-hydrogen) atoms. The van der Waals surface area contributed by atoms with Crippen molar-refractivity contribution in [3.63, 3.8) is 0 Å². The third-order valence-electron chi connectivity index (χ3n) is 5.01. The van der Waals surface area contributed by atoms with E-state index in [1.165, 1.54) is 18.2 Å². The normalized spacial score (nSPS) is 18.3. The van der Waals surface area contributed by atoms with Gasteiger partial charge < -0.3 is 10.2 Å². The van der Waals surface area contributed by atoms with Crippen LogP contribution in [-0.2, 0) is 6.18 Å². The SMILES string of the molecule is Cc1n[nH]c(C)c1C1CCCCCN1C(=O)Nc1ccccc1C(F)(F)F. The number of hydrogen-bond donors (Lipinski definition) is 2. The fourth-order valence-corrected chi connectivity index (χ4v) is 3.73. The minimum Gasteiger partial charge on any atom is -0.317 e. The number of carbonyl (C=O) groups excluding carboxylic acids is 1. The second-order valence-corrected chi connectivity index (χ2v) is 6.88. The van der Waals surface area contributed by atoms with E-state index in [2.05, 4.69) is 15.5 Å². The summed E-state index contributed by atoms with van der Waals surface area (Å²) in [6.07, 6.45) is -1.01. The summed E-state index contributed by atoms with van der Waals surface area (Å²) in [5, 5.41) is 9.63. The molecule has 1 saturated heterocycles. The number of aryl methyl sites for hydroxylation is 2. The standard InChI is InChI=1S/C19H23F3N4O/c1-12-17(13(2)25-24-12)16-10-4-3-7-11-26(16)18(27)23-15-9-6-5-8-14(15)19(20,21)22/h5-6,8-9,16H,3-4,7,10-11H2,1-2H3,(H,23,27)(H,24,25). The number of aromatic amines is 1. The first-order valence-corrected chi connectivity index (χ1v) is 9.04. The Morgan fingerprint density at radius 2 is 1.96 bits per heavy atom. The van der Waals surface area contributed by atoms with Gasteiger partial charge in [-0.3, -0.25) is 5.10 Å². The van der Waals surface area contributed by atoms with Crippen molar-refractivity contribution in [2.45, 2.75) is 51.7 Å². The Bertz CT molecular complexity index is 796. The number of carbonyl (C=O) groups is 1. The zero-order valence-corrected chi connectivity index (χ0v) is 15.4. The van der Waals surface area contributed by atoms with Crippen LogP contribution in [-0.4, -0.2) is 27.7 Å². The number of nitrogens with zero attached hydrogens (tertiary/aromatic N) is 2. The van der Waals surface area contributed by atoms with Crippen LogP contribution in [0.2, 0.25) is 0 Å². The molecule has 0 bridgehead atoms. The van der Waals surface area contributed by atoms with Crippen LogP contribution in [0.1, 0.15) is 54.2 Å². The molecule has 3 rings (SSSR count). The number of likely N-dealkylation sites (tertiary alicyclic amines) is 1. The molecule has 1 aromatic carbocycles. The summed E-state index contributed by atoms with van der Waals surface area (Å²) >= 11 is 0. The van der Waals surface area contributed by atoms with E-state index in [1.54, 1.807) is 4.90 Å². The van der Waals surface area contributed by atoms with Gasteiger partial charge in [0.2, 0.25) is 0 Å². The first-order chi connectivity index (χ1) is 12.8. The summed E-state index contributed by atoms with van der Waals surface area (Å²) < 4.78 is 39.7. The molecule has 1 aliphatic rings. The highest BCUT2D eigenvalue weighted by atomic mass is 19.4. The summed E-state index contributed by atoms with van der Waals surface area (Å²) in [6, 6.07) is 4.32.